The fraction of sp³-hybridized carbons (Fsp3) is 0.320. The van der Waals surface area contributed by atoms with Gasteiger partial charge in [0, 0.05) is 24.2 Å². The van der Waals surface area contributed by atoms with Crippen molar-refractivity contribution in [3.8, 4) is 11.3 Å². The lowest BCUT2D eigenvalue weighted by Gasteiger charge is -2.38. The van der Waals surface area contributed by atoms with E-state index in [0.29, 0.717) is 23.6 Å². The Morgan fingerprint density at radius 2 is 1.88 bits per heavy atom. The number of rotatable bonds is 5. The zero-order valence-corrected chi connectivity index (χ0v) is 18.8. The number of carbonyl (C=O) groups is 1. The minimum atomic E-state index is -0.512. The minimum Gasteiger partial charge on any atom is -0.396 e. The van der Waals surface area contributed by atoms with E-state index in [9.17, 15) is 9.18 Å². The minimum absolute atomic E-state index is 0.0195. The third kappa shape index (κ3) is 5.05. The number of carbonyl (C=O) groups excluding carboxylic acids is 1. The SMILES string of the molecule is C[C@@H]1CC[C@H](C(=O)N[C@H](C)c2ccccc2)CN1c1cc(-c2ccc(N)c(F)c2)nc(N)n1. The highest BCUT2D eigenvalue weighted by molar-refractivity contribution is 5.80. The third-order valence-corrected chi connectivity index (χ3v) is 6.23. The van der Waals surface area contributed by atoms with Crippen molar-refractivity contribution in [2.45, 2.75) is 38.8 Å². The van der Waals surface area contributed by atoms with Gasteiger partial charge in [-0.05, 0) is 44.4 Å². The maximum Gasteiger partial charge on any atom is 0.225 e. The molecule has 1 aliphatic rings. The van der Waals surface area contributed by atoms with Crippen LogP contribution in [0.1, 0.15) is 38.3 Å². The molecule has 0 spiro atoms. The molecule has 0 aliphatic carbocycles. The number of hydrogen-bond donors (Lipinski definition) is 3. The van der Waals surface area contributed by atoms with E-state index in [1.807, 2.05) is 37.3 Å². The van der Waals surface area contributed by atoms with E-state index in [0.717, 1.165) is 18.4 Å². The van der Waals surface area contributed by atoms with E-state index in [1.165, 1.54) is 12.1 Å². The molecule has 2 heterocycles. The number of hydrogen-bond acceptors (Lipinski definition) is 6. The second-order valence-electron chi connectivity index (χ2n) is 8.62. The lowest BCUT2D eigenvalue weighted by Crippen LogP contribution is -2.47. The van der Waals surface area contributed by atoms with Crippen LogP contribution in [0, 0.1) is 11.7 Å². The molecule has 4 rings (SSSR count). The molecule has 33 heavy (non-hydrogen) atoms. The molecule has 0 saturated carbocycles. The van der Waals surface area contributed by atoms with Gasteiger partial charge in [0.05, 0.1) is 23.3 Å². The predicted molar refractivity (Wildman–Crippen MR) is 129 cm³/mol. The second kappa shape index (κ2) is 9.44. The molecule has 172 valence electrons. The summed E-state index contributed by atoms with van der Waals surface area (Å²) in [5, 5.41) is 3.14. The van der Waals surface area contributed by atoms with E-state index in [4.69, 9.17) is 11.5 Å². The number of anilines is 3. The third-order valence-electron chi connectivity index (χ3n) is 6.23. The molecular weight excluding hydrogens is 419 g/mol. The van der Waals surface area contributed by atoms with Crippen LogP contribution in [-0.2, 0) is 4.79 Å². The molecule has 1 fully saturated rings. The zero-order valence-electron chi connectivity index (χ0n) is 18.8. The van der Waals surface area contributed by atoms with Gasteiger partial charge in [0.2, 0.25) is 11.9 Å². The topological polar surface area (TPSA) is 110 Å². The number of nitrogens with one attached hydrogen (secondary N) is 1. The molecule has 2 aromatic carbocycles. The normalized spacial score (nSPS) is 19.2. The van der Waals surface area contributed by atoms with Crippen LogP contribution >= 0.6 is 0 Å². The Balaban J connectivity index is 1.54. The molecule has 0 unspecified atom stereocenters. The molecule has 3 aromatic rings. The molecule has 0 radical (unpaired) electrons. The van der Waals surface area contributed by atoms with Gasteiger partial charge in [0.25, 0.3) is 0 Å². The van der Waals surface area contributed by atoms with Gasteiger partial charge in [-0.25, -0.2) is 9.37 Å². The number of amides is 1. The van der Waals surface area contributed by atoms with Crippen molar-refractivity contribution < 1.29 is 9.18 Å². The molecule has 1 saturated heterocycles. The number of halogens is 1. The van der Waals surface area contributed by atoms with Gasteiger partial charge in [-0.2, -0.15) is 4.98 Å². The van der Waals surface area contributed by atoms with Crippen LogP contribution in [0.3, 0.4) is 0 Å². The Hall–Kier alpha value is -3.68. The van der Waals surface area contributed by atoms with Crippen molar-refractivity contribution in [2.75, 3.05) is 22.9 Å². The molecule has 1 aliphatic heterocycles. The van der Waals surface area contributed by atoms with Gasteiger partial charge in [0.15, 0.2) is 0 Å². The van der Waals surface area contributed by atoms with Gasteiger partial charge in [0.1, 0.15) is 11.6 Å². The summed E-state index contributed by atoms with van der Waals surface area (Å²) in [4.78, 5) is 23.8. The molecule has 8 heteroatoms. The fourth-order valence-electron chi connectivity index (χ4n) is 4.23. The van der Waals surface area contributed by atoms with Crippen LogP contribution in [0.25, 0.3) is 11.3 Å². The molecule has 5 N–H and O–H groups in total. The summed E-state index contributed by atoms with van der Waals surface area (Å²) < 4.78 is 14.0. The number of nitrogen functional groups attached to an aromatic ring is 2. The number of piperidine rings is 1. The quantitative estimate of drug-likeness (QED) is 0.510. The maximum absolute atomic E-state index is 14.0. The first kappa shape index (κ1) is 22.5. The molecule has 7 nitrogen and oxygen atoms in total. The predicted octanol–water partition coefficient (Wildman–Crippen LogP) is 3.93. The summed E-state index contributed by atoms with van der Waals surface area (Å²) in [6.07, 6.45) is 1.63. The largest absolute Gasteiger partial charge is 0.396 e. The maximum atomic E-state index is 14.0. The Morgan fingerprint density at radius 1 is 1.12 bits per heavy atom. The summed E-state index contributed by atoms with van der Waals surface area (Å²) >= 11 is 0. The summed E-state index contributed by atoms with van der Waals surface area (Å²) in [7, 11) is 0. The van der Waals surface area contributed by atoms with Gasteiger partial charge < -0.3 is 21.7 Å². The van der Waals surface area contributed by atoms with Crippen LogP contribution in [0.4, 0.5) is 21.8 Å². The van der Waals surface area contributed by atoms with Gasteiger partial charge in [-0.15, -0.1) is 0 Å². The van der Waals surface area contributed by atoms with Crippen molar-refractivity contribution in [1.29, 1.82) is 0 Å². The van der Waals surface area contributed by atoms with E-state index in [-0.39, 0.29) is 35.5 Å². The Labute approximate surface area is 193 Å². The average molecular weight is 449 g/mol. The van der Waals surface area contributed by atoms with Crippen LogP contribution in [-0.4, -0.2) is 28.5 Å². The average Bonchev–Trinajstić information content (AvgIpc) is 2.81. The molecular formula is C25H29FN6O. The van der Waals surface area contributed by atoms with Crippen molar-refractivity contribution in [2.24, 2.45) is 5.92 Å². The van der Waals surface area contributed by atoms with Crippen LogP contribution in [0.2, 0.25) is 0 Å². The molecule has 1 amide bonds. The Kier molecular flexibility index (Phi) is 6.44. The monoisotopic (exact) mass is 448 g/mol. The van der Waals surface area contributed by atoms with E-state index >= 15 is 0 Å². The molecule has 1 aromatic heterocycles. The summed E-state index contributed by atoms with van der Waals surface area (Å²) in [6.45, 7) is 4.60. The highest BCUT2D eigenvalue weighted by atomic mass is 19.1. The van der Waals surface area contributed by atoms with E-state index < -0.39 is 5.82 Å². The summed E-state index contributed by atoms with van der Waals surface area (Å²) in [5.74, 6) is 0.0426. The second-order valence-corrected chi connectivity index (χ2v) is 8.62. The number of aromatic nitrogens is 2. The Bertz CT molecular complexity index is 1140. The number of nitrogens with two attached hydrogens (primary N) is 2. The van der Waals surface area contributed by atoms with Gasteiger partial charge in [-0.1, -0.05) is 36.4 Å². The van der Waals surface area contributed by atoms with Crippen molar-refractivity contribution in [3.63, 3.8) is 0 Å². The van der Waals surface area contributed by atoms with Gasteiger partial charge >= 0.3 is 0 Å². The van der Waals surface area contributed by atoms with E-state index in [2.05, 4.69) is 27.1 Å². The van der Waals surface area contributed by atoms with Crippen molar-refractivity contribution in [3.05, 3.63) is 66.0 Å². The lowest BCUT2D eigenvalue weighted by atomic mass is 9.92. The fourth-order valence-corrected chi connectivity index (χ4v) is 4.23. The first-order valence-electron chi connectivity index (χ1n) is 11.1. The summed E-state index contributed by atoms with van der Waals surface area (Å²) in [5.41, 5.74) is 13.8. The highest BCUT2D eigenvalue weighted by Gasteiger charge is 2.31. The van der Waals surface area contributed by atoms with Crippen molar-refractivity contribution >= 4 is 23.4 Å². The van der Waals surface area contributed by atoms with Gasteiger partial charge in [-0.3, -0.25) is 4.79 Å². The molecule has 0 bridgehead atoms. The molecule has 3 atom stereocenters. The number of benzene rings is 2. The smallest absolute Gasteiger partial charge is 0.225 e. The zero-order chi connectivity index (χ0) is 23.5. The summed E-state index contributed by atoms with van der Waals surface area (Å²) in [6, 6.07) is 16.3. The first-order valence-corrected chi connectivity index (χ1v) is 11.1. The number of nitrogens with zero attached hydrogens (tertiary/aromatic N) is 3. The Morgan fingerprint density at radius 3 is 2.61 bits per heavy atom. The lowest BCUT2D eigenvalue weighted by molar-refractivity contribution is -0.126. The van der Waals surface area contributed by atoms with Crippen LogP contribution in [0.15, 0.2) is 54.6 Å². The van der Waals surface area contributed by atoms with Crippen molar-refractivity contribution in [1.82, 2.24) is 15.3 Å². The van der Waals surface area contributed by atoms with Crippen LogP contribution < -0.4 is 21.7 Å². The first-order chi connectivity index (χ1) is 15.8. The van der Waals surface area contributed by atoms with E-state index in [1.54, 1.807) is 12.1 Å². The highest BCUT2D eigenvalue weighted by Crippen LogP contribution is 2.31. The standard InChI is InChI=1S/C25H29FN6O/c1-15-8-9-19(24(33)29-16(2)17-6-4-3-5-7-17)14-32(15)23-13-22(30-25(28)31-23)18-10-11-21(27)20(26)12-18/h3-7,10-13,15-16,19H,8-9,14,27H2,1-2H3,(H,29,33)(H2,28,30,31)/t15-,16-,19+/m1/s1. The van der Waals surface area contributed by atoms with Crippen LogP contribution in [0.5, 0.6) is 0 Å².